The molecule has 3 nitrogen and oxygen atoms in total. The zero-order chi connectivity index (χ0) is 10.0. The van der Waals surface area contributed by atoms with E-state index >= 15 is 0 Å². The largest absolute Gasteiger partial charge is 0.277 e. The summed E-state index contributed by atoms with van der Waals surface area (Å²) in [6.45, 7) is 1.65. The van der Waals surface area contributed by atoms with Crippen molar-refractivity contribution in [3.05, 3.63) is 38.4 Å². The molecule has 0 spiro atoms. The molecule has 0 fully saturated rings. The van der Waals surface area contributed by atoms with Crippen LogP contribution in [0.15, 0.2) is 12.1 Å². The minimum absolute atomic E-state index is 0.101. The lowest BCUT2D eigenvalue weighted by Crippen LogP contribution is -1.96. The molecule has 0 N–H and O–H groups in total. The van der Waals surface area contributed by atoms with Crippen molar-refractivity contribution in [1.29, 1.82) is 0 Å². The van der Waals surface area contributed by atoms with E-state index in [0.29, 0.717) is 21.5 Å². The number of rotatable bonds is 2. The molecule has 0 aliphatic rings. The van der Waals surface area contributed by atoms with Crippen LogP contribution in [0.4, 0.5) is 5.69 Å². The Morgan fingerprint density at radius 3 is 2.69 bits per heavy atom. The predicted octanol–water partition coefficient (Wildman–Crippen LogP) is 3.45. The zero-order valence-corrected chi connectivity index (χ0v) is 9.22. The first-order valence-corrected chi connectivity index (χ1v) is 5.06. The maximum absolute atomic E-state index is 10.7. The van der Waals surface area contributed by atoms with E-state index in [1.54, 1.807) is 19.1 Å². The van der Waals surface area contributed by atoms with Crippen LogP contribution in [0.2, 0.25) is 5.02 Å². The third-order valence-corrected chi connectivity index (χ3v) is 2.79. The number of nitrogens with zero attached hydrogens (tertiary/aromatic N) is 1. The van der Waals surface area contributed by atoms with Gasteiger partial charge in [0.15, 0.2) is 0 Å². The van der Waals surface area contributed by atoms with Crippen LogP contribution >= 0.6 is 27.5 Å². The molecule has 0 aromatic heterocycles. The first-order chi connectivity index (χ1) is 6.07. The fraction of sp³-hybridized carbons (Fsp3) is 0.250. The van der Waals surface area contributed by atoms with E-state index in [4.69, 9.17) is 11.6 Å². The van der Waals surface area contributed by atoms with Crippen LogP contribution in [0, 0.1) is 17.0 Å². The highest BCUT2D eigenvalue weighted by atomic mass is 79.9. The Morgan fingerprint density at radius 1 is 1.62 bits per heavy atom. The average Bonchev–Trinajstić information content (AvgIpc) is 2.08. The highest BCUT2D eigenvalue weighted by molar-refractivity contribution is 9.08. The molecule has 0 heterocycles. The van der Waals surface area contributed by atoms with Crippen LogP contribution in [0.5, 0.6) is 0 Å². The van der Waals surface area contributed by atoms with Crippen molar-refractivity contribution in [1.82, 2.24) is 0 Å². The number of nitro groups is 1. The molecule has 0 saturated carbocycles. The third kappa shape index (κ3) is 2.00. The van der Waals surface area contributed by atoms with Crippen LogP contribution in [0.25, 0.3) is 0 Å². The number of hydrogen-bond donors (Lipinski definition) is 0. The summed E-state index contributed by atoms with van der Waals surface area (Å²) < 4.78 is 0. The lowest BCUT2D eigenvalue weighted by molar-refractivity contribution is -0.386. The molecule has 0 saturated heterocycles. The van der Waals surface area contributed by atoms with Gasteiger partial charge in [-0.15, -0.1) is 0 Å². The Balaban J connectivity index is 3.41. The number of alkyl halides is 1. The van der Waals surface area contributed by atoms with Crippen molar-refractivity contribution in [3.8, 4) is 0 Å². The Labute approximate surface area is 89.0 Å². The fourth-order valence-corrected chi connectivity index (χ4v) is 1.70. The molecule has 5 heteroatoms. The normalized spacial score (nSPS) is 10.1. The molecule has 1 rings (SSSR count). The first-order valence-electron chi connectivity index (χ1n) is 3.56. The van der Waals surface area contributed by atoms with E-state index in [9.17, 15) is 10.1 Å². The summed E-state index contributed by atoms with van der Waals surface area (Å²) in [6.07, 6.45) is 0. The lowest BCUT2D eigenvalue weighted by Gasteiger charge is -2.03. The van der Waals surface area contributed by atoms with E-state index in [-0.39, 0.29) is 5.69 Å². The smallest absolute Gasteiger partial charge is 0.258 e. The Bertz CT molecular complexity index is 354. The molecule has 13 heavy (non-hydrogen) atoms. The Hall–Kier alpha value is -0.610. The Morgan fingerprint density at radius 2 is 2.23 bits per heavy atom. The maximum atomic E-state index is 10.7. The summed E-state index contributed by atoms with van der Waals surface area (Å²) >= 11 is 8.95. The Kier molecular flexibility index (Phi) is 3.27. The third-order valence-electron chi connectivity index (χ3n) is 1.77. The van der Waals surface area contributed by atoms with Crippen LogP contribution in [-0.4, -0.2) is 4.92 Å². The van der Waals surface area contributed by atoms with Gasteiger partial charge in [-0.25, -0.2) is 0 Å². The van der Waals surface area contributed by atoms with Gasteiger partial charge < -0.3 is 0 Å². The molecular formula is C8H7BrClNO2. The van der Waals surface area contributed by atoms with Gasteiger partial charge >= 0.3 is 0 Å². The molecule has 0 radical (unpaired) electrons. The van der Waals surface area contributed by atoms with Crippen LogP contribution in [-0.2, 0) is 5.33 Å². The molecule has 1 aromatic carbocycles. The lowest BCUT2D eigenvalue weighted by atomic mass is 10.1. The van der Waals surface area contributed by atoms with Crippen LogP contribution < -0.4 is 0 Å². The van der Waals surface area contributed by atoms with Crippen molar-refractivity contribution in [2.45, 2.75) is 12.3 Å². The van der Waals surface area contributed by atoms with Gasteiger partial charge in [0.25, 0.3) is 5.69 Å². The summed E-state index contributed by atoms with van der Waals surface area (Å²) in [5.41, 5.74) is 1.26. The van der Waals surface area contributed by atoms with Crippen molar-refractivity contribution in [3.63, 3.8) is 0 Å². The van der Waals surface area contributed by atoms with Crippen LogP contribution in [0.3, 0.4) is 0 Å². The number of benzene rings is 1. The zero-order valence-electron chi connectivity index (χ0n) is 6.88. The van der Waals surface area contributed by atoms with Crippen molar-refractivity contribution in [2.75, 3.05) is 0 Å². The summed E-state index contributed by atoms with van der Waals surface area (Å²) in [6, 6.07) is 3.32. The van der Waals surface area contributed by atoms with Gasteiger partial charge in [0.05, 0.1) is 9.95 Å². The molecule has 0 aliphatic carbocycles. The number of halogens is 2. The quantitative estimate of drug-likeness (QED) is 0.466. The fourth-order valence-electron chi connectivity index (χ4n) is 1.09. The van der Waals surface area contributed by atoms with Crippen molar-refractivity contribution >= 4 is 33.2 Å². The molecule has 70 valence electrons. The molecule has 0 atom stereocenters. The summed E-state index contributed by atoms with van der Waals surface area (Å²) in [5.74, 6) is 0. The molecule has 0 aliphatic heterocycles. The van der Waals surface area contributed by atoms with E-state index in [1.165, 1.54) is 0 Å². The standard InChI is InChI=1S/C8H7BrClNO2/c1-5-7(10)3-2-6(4-9)8(5)11(12)13/h2-3H,4H2,1H3. The summed E-state index contributed by atoms with van der Waals surface area (Å²) in [4.78, 5) is 10.3. The molecule has 0 amide bonds. The van der Waals surface area contributed by atoms with Gasteiger partial charge in [0.1, 0.15) is 0 Å². The topological polar surface area (TPSA) is 43.1 Å². The van der Waals surface area contributed by atoms with Crippen molar-refractivity contribution < 1.29 is 4.92 Å². The molecule has 1 aromatic rings. The van der Waals surface area contributed by atoms with Gasteiger partial charge in [-0.2, -0.15) is 0 Å². The van der Waals surface area contributed by atoms with Crippen LogP contribution in [0.1, 0.15) is 11.1 Å². The number of hydrogen-bond acceptors (Lipinski definition) is 2. The second kappa shape index (κ2) is 4.07. The highest BCUT2D eigenvalue weighted by Gasteiger charge is 2.18. The predicted molar refractivity (Wildman–Crippen MR) is 55.5 cm³/mol. The monoisotopic (exact) mass is 263 g/mol. The first kappa shape index (κ1) is 10.5. The van der Waals surface area contributed by atoms with E-state index < -0.39 is 4.92 Å². The summed E-state index contributed by atoms with van der Waals surface area (Å²) in [7, 11) is 0. The van der Waals surface area contributed by atoms with E-state index in [1.807, 2.05) is 0 Å². The molecule has 0 unspecified atom stereocenters. The van der Waals surface area contributed by atoms with E-state index in [2.05, 4.69) is 15.9 Å². The van der Waals surface area contributed by atoms with E-state index in [0.717, 1.165) is 0 Å². The minimum atomic E-state index is -0.405. The van der Waals surface area contributed by atoms with Crippen molar-refractivity contribution in [2.24, 2.45) is 0 Å². The molecule has 0 bridgehead atoms. The van der Waals surface area contributed by atoms with Gasteiger partial charge in [0, 0.05) is 16.5 Å². The second-order valence-electron chi connectivity index (χ2n) is 2.57. The minimum Gasteiger partial charge on any atom is -0.258 e. The van der Waals surface area contributed by atoms with Gasteiger partial charge in [-0.05, 0) is 19.1 Å². The van der Waals surface area contributed by atoms with Gasteiger partial charge in [-0.3, -0.25) is 10.1 Å². The number of nitro benzene ring substituents is 1. The second-order valence-corrected chi connectivity index (χ2v) is 3.54. The van der Waals surface area contributed by atoms with Gasteiger partial charge in [-0.1, -0.05) is 27.5 Å². The average molecular weight is 265 g/mol. The van der Waals surface area contributed by atoms with Gasteiger partial charge in [0.2, 0.25) is 0 Å². The molecular weight excluding hydrogens is 257 g/mol. The maximum Gasteiger partial charge on any atom is 0.277 e. The highest BCUT2D eigenvalue weighted by Crippen LogP contribution is 2.30. The summed E-state index contributed by atoms with van der Waals surface area (Å²) in [5, 5.41) is 11.6. The SMILES string of the molecule is Cc1c(Cl)ccc(CBr)c1[N+](=O)[O-].